The van der Waals surface area contributed by atoms with Crippen LogP contribution in [0.15, 0.2) is 36.0 Å². The third-order valence-corrected chi connectivity index (χ3v) is 3.33. The van der Waals surface area contributed by atoms with E-state index in [4.69, 9.17) is 5.11 Å². The summed E-state index contributed by atoms with van der Waals surface area (Å²) in [4.78, 5) is 26.9. The highest BCUT2D eigenvalue weighted by molar-refractivity contribution is 7.11. The van der Waals surface area contributed by atoms with Gasteiger partial charge in [0.25, 0.3) is 5.91 Å². The fourth-order valence-electron chi connectivity index (χ4n) is 1.66. The summed E-state index contributed by atoms with van der Waals surface area (Å²) in [5.74, 6) is -1.09. The van der Waals surface area contributed by atoms with Crippen molar-refractivity contribution in [3.63, 3.8) is 0 Å². The lowest BCUT2D eigenvalue weighted by atomic mass is 10.0. The van der Waals surface area contributed by atoms with Crippen LogP contribution in [-0.2, 0) is 17.8 Å². The molecule has 0 aliphatic heterocycles. The molecular formula is C13H12N2O3S. The van der Waals surface area contributed by atoms with Crippen molar-refractivity contribution in [3.05, 3.63) is 52.0 Å². The van der Waals surface area contributed by atoms with Gasteiger partial charge in [0, 0.05) is 6.54 Å². The Hall–Kier alpha value is -2.21. The van der Waals surface area contributed by atoms with Gasteiger partial charge in [0.05, 0.1) is 18.1 Å². The minimum atomic E-state index is -0.888. The molecule has 2 N–H and O–H groups in total. The summed E-state index contributed by atoms with van der Waals surface area (Å²) in [7, 11) is 0. The predicted octanol–water partition coefficient (Wildman–Crippen LogP) is 1.70. The van der Waals surface area contributed by atoms with E-state index in [2.05, 4.69) is 10.3 Å². The maximum absolute atomic E-state index is 11.8. The number of nitrogens with one attached hydrogen (secondary N) is 1. The van der Waals surface area contributed by atoms with E-state index in [1.807, 2.05) is 12.1 Å². The molecule has 0 bridgehead atoms. The van der Waals surface area contributed by atoms with Crippen molar-refractivity contribution in [2.45, 2.75) is 13.0 Å². The average molecular weight is 276 g/mol. The lowest BCUT2D eigenvalue weighted by Gasteiger charge is -2.08. The Kier molecular flexibility index (Phi) is 4.25. The van der Waals surface area contributed by atoms with Crippen molar-refractivity contribution >= 4 is 23.2 Å². The van der Waals surface area contributed by atoms with Crippen molar-refractivity contribution in [1.29, 1.82) is 0 Å². The molecule has 1 aromatic heterocycles. The first kappa shape index (κ1) is 13.2. The first-order valence-electron chi connectivity index (χ1n) is 5.62. The summed E-state index contributed by atoms with van der Waals surface area (Å²) < 4.78 is 0. The van der Waals surface area contributed by atoms with Gasteiger partial charge in [-0.25, -0.2) is 0 Å². The number of carboxylic acid groups (broad SMARTS) is 1. The smallest absolute Gasteiger partial charge is 0.307 e. The van der Waals surface area contributed by atoms with Crippen LogP contribution in [0, 0.1) is 0 Å². The normalized spacial score (nSPS) is 10.1. The molecule has 0 unspecified atom stereocenters. The summed E-state index contributed by atoms with van der Waals surface area (Å²) in [5, 5.41) is 11.6. The van der Waals surface area contributed by atoms with Gasteiger partial charge in [-0.05, 0) is 11.1 Å². The number of aliphatic carboxylic acids is 1. The van der Waals surface area contributed by atoms with Crippen LogP contribution in [-0.4, -0.2) is 22.0 Å². The fourth-order valence-corrected chi connectivity index (χ4v) is 2.19. The minimum absolute atomic E-state index is 0.0490. The lowest BCUT2D eigenvalue weighted by molar-refractivity contribution is -0.136. The van der Waals surface area contributed by atoms with Gasteiger partial charge in [0.2, 0.25) is 0 Å². The number of thiazole rings is 1. The van der Waals surface area contributed by atoms with Crippen LogP contribution in [0.4, 0.5) is 0 Å². The number of amides is 1. The summed E-state index contributed by atoms with van der Waals surface area (Å²) in [6.45, 7) is 0.306. The zero-order valence-electron chi connectivity index (χ0n) is 10.00. The highest BCUT2D eigenvalue weighted by Gasteiger charge is 2.09. The highest BCUT2D eigenvalue weighted by atomic mass is 32.1. The molecule has 1 aromatic carbocycles. The molecule has 0 spiro atoms. The zero-order valence-corrected chi connectivity index (χ0v) is 10.8. The van der Waals surface area contributed by atoms with Crippen molar-refractivity contribution in [2.24, 2.45) is 0 Å². The molecule has 1 heterocycles. The quantitative estimate of drug-likeness (QED) is 0.871. The molecule has 0 fully saturated rings. The highest BCUT2D eigenvalue weighted by Crippen LogP contribution is 2.11. The van der Waals surface area contributed by atoms with Crippen molar-refractivity contribution < 1.29 is 14.7 Å². The predicted molar refractivity (Wildman–Crippen MR) is 71.1 cm³/mol. The Labute approximate surface area is 113 Å². The Morgan fingerprint density at radius 3 is 2.63 bits per heavy atom. The van der Waals surface area contributed by atoms with E-state index >= 15 is 0 Å². The molecule has 98 valence electrons. The second kappa shape index (κ2) is 6.10. The maximum atomic E-state index is 11.8. The summed E-state index contributed by atoms with van der Waals surface area (Å²) in [6.07, 6.45) is 1.45. The van der Waals surface area contributed by atoms with E-state index in [1.54, 1.807) is 17.6 Å². The second-order valence-electron chi connectivity index (χ2n) is 3.89. The number of aromatic nitrogens is 1. The van der Waals surface area contributed by atoms with Crippen molar-refractivity contribution in [1.82, 2.24) is 10.3 Å². The molecule has 6 heteroatoms. The van der Waals surface area contributed by atoms with Gasteiger partial charge in [-0.3, -0.25) is 14.6 Å². The molecule has 2 rings (SSSR count). The number of benzene rings is 1. The molecule has 0 saturated heterocycles. The van der Waals surface area contributed by atoms with Gasteiger partial charge in [0.1, 0.15) is 4.88 Å². The first-order valence-corrected chi connectivity index (χ1v) is 6.50. The van der Waals surface area contributed by atoms with Gasteiger partial charge in [-0.2, -0.15) is 0 Å². The first-order chi connectivity index (χ1) is 9.16. The third kappa shape index (κ3) is 3.62. The molecule has 2 aromatic rings. The van der Waals surface area contributed by atoms with Crippen LogP contribution in [0.1, 0.15) is 20.8 Å². The average Bonchev–Trinajstić information content (AvgIpc) is 2.90. The van der Waals surface area contributed by atoms with Gasteiger partial charge < -0.3 is 10.4 Å². The van der Waals surface area contributed by atoms with Crippen LogP contribution in [0.25, 0.3) is 0 Å². The van der Waals surface area contributed by atoms with E-state index < -0.39 is 5.97 Å². The van der Waals surface area contributed by atoms with Crippen LogP contribution >= 0.6 is 11.3 Å². The largest absolute Gasteiger partial charge is 0.481 e. The number of carbonyl (C=O) groups excluding carboxylic acids is 1. The van der Waals surface area contributed by atoms with Crippen LogP contribution in [0.2, 0.25) is 0 Å². The molecule has 0 aliphatic carbocycles. The maximum Gasteiger partial charge on any atom is 0.307 e. The van der Waals surface area contributed by atoms with E-state index in [9.17, 15) is 9.59 Å². The third-order valence-electron chi connectivity index (χ3n) is 2.56. The van der Waals surface area contributed by atoms with E-state index in [0.29, 0.717) is 17.0 Å². The van der Waals surface area contributed by atoms with E-state index in [1.165, 1.54) is 17.5 Å². The Morgan fingerprint density at radius 1 is 1.26 bits per heavy atom. The minimum Gasteiger partial charge on any atom is -0.481 e. The molecule has 0 atom stereocenters. The van der Waals surface area contributed by atoms with Crippen molar-refractivity contribution in [2.75, 3.05) is 0 Å². The van der Waals surface area contributed by atoms with Gasteiger partial charge in [-0.1, -0.05) is 24.3 Å². The Balaban J connectivity index is 2.03. The summed E-state index contributed by atoms with van der Waals surface area (Å²) in [6, 6.07) is 7.17. The second-order valence-corrected chi connectivity index (χ2v) is 4.77. The van der Waals surface area contributed by atoms with Gasteiger partial charge in [-0.15, -0.1) is 11.3 Å². The lowest BCUT2D eigenvalue weighted by Crippen LogP contribution is -2.22. The molecule has 19 heavy (non-hydrogen) atoms. The molecule has 0 saturated carbocycles. The van der Waals surface area contributed by atoms with Crippen LogP contribution in [0.3, 0.4) is 0 Å². The van der Waals surface area contributed by atoms with Crippen molar-refractivity contribution in [3.8, 4) is 0 Å². The van der Waals surface area contributed by atoms with Gasteiger partial charge >= 0.3 is 5.97 Å². The number of hydrogen-bond donors (Lipinski definition) is 2. The van der Waals surface area contributed by atoms with E-state index in [-0.39, 0.29) is 12.3 Å². The standard InChI is InChI=1S/C13H12N2O3S/c16-12(17)5-9-3-1-2-4-10(9)6-15-13(18)11-7-14-8-19-11/h1-4,7-8H,5-6H2,(H,15,18)(H,16,17). The SMILES string of the molecule is O=C(O)Cc1ccccc1CNC(=O)c1cncs1. The fraction of sp³-hybridized carbons (Fsp3) is 0.154. The van der Waals surface area contributed by atoms with Gasteiger partial charge in [0.15, 0.2) is 0 Å². The number of carboxylic acids is 1. The van der Waals surface area contributed by atoms with Crippen LogP contribution in [0.5, 0.6) is 0 Å². The monoisotopic (exact) mass is 276 g/mol. The molecule has 0 radical (unpaired) electrons. The molecule has 0 aliphatic rings. The summed E-state index contributed by atoms with van der Waals surface area (Å²) >= 11 is 1.26. The van der Waals surface area contributed by atoms with E-state index in [0.717, 1.165) is 5.56 Å². The Bertz CT molecular complexity index is 581. The molecule has 5 nitrogen and oxygen atoms in total. The Morgan fingerprint density at radius 2 is 2.00 bits per heavy atom. The number of rotatable bonds is 5. The zero-order chi connectivity index (χ0) is 13.7. The number of carbonyl (C=O) groups is 2. The molecular weight excluding hydrogens is 264 g/mol. The summed E-state index contributed by atoms with van der Waals surface area (Å²) in [5.41, 5.74) is 3.11. The number of nitrogens with zero attached hydrogens (tertiary/aromatic N) is 1. The molecule has 1 amide bonds. The number of hydrogen-bond acceptors (Lipinski definition) is 4. The topological polar surface area (TPSA) is 79.3 Å². The van der Waals surface area contributed by atoms with Crippen LogP contribution < -0.4 is 5.32 Å².